The van der Waals surface area contributed by atoms with Gasteiger partial charge < -0.3 is 10.2 Å². The molecule has 0 bridgehead atoms. The molecule has 0 radical (unpaired) electrons. The quantitative estimate of drug-likeness (QED) is 0.850. The second-order valence-electron chi connectivity index (χ2n) is 4.06. The van der Waals surface area contributed by atoms with E-state index in [0.717, 1.165) is 24.2 Å². The normalized spacial score (nSPS) is 14.6. The monoisotopic (exact) mass is 215 g/mol. The van der Waals surface area contributed by atoms with Gasteiger partial charge in [0, 0.05) is 0 Å². The number of hydrogen-bond acceptors (Lipinski definition) is 2. The number of furan rings is 1. The van der Waals surface area contributed by atoms with Crippen molar-refractivity contribution in [3.63, 3.8) is 0 Å². The molecule has 1 unspecified atom stereocenters. The lowest BCUT2D eigenvalue weighted by Gasteiger charge is -2.27. The summed E-state index contributed by atoms with van der Waals surface area (Å²) in [4.78, 5) is 0. The smallest absolute Gasteiger partial charge is 0.128 e. The maximum Gasteiger partial charge on any atom is 0.128 e. The molecule has 0 saturated heterocycles. The Bertz CT molecular complexity index is 421. The summed E-state index contributed by atoms with van der Waals surface area (Å²) in [5.74, 6) is 0.834. The molecule has 1 atom stereocenters. The van der Waals surface area contributed by atoms with E-state index in [1.165, 1.54) is 0 Å². The third kappa shape index (κ3) is 1.89. The molecule has 0 aliphatic heterocycles. The minimum absolute atomic E-state index is 0.500. The van der Waals surface area contributed by atoms with Crippen molar-refractivity contribution in [1.29, 1.82) is 0 Å². The second-order valence-corrected chi connectivity index (χ2v) is 4.06. The lowest BCUT2D eigenvalue weighted by atomic mass is 9.84. The van der Waals surface area contributed by atoms with Gasteiger partial charge in [-0.15, -0.1) is 0 Å². The Hall–Kier alpha value is -1.54. The molecule has 0 amide bonds. The number of hydrogen-bond donors (Lipinski definition) is 1. The zero-order chi connectivity index (χ0) is 11.4. The fraction of sp³-hybridized carbons (Fsp3) is 0.286. The molecule has 2 rings (SSSR count). The van der Waals surface area contributed by atoms with Gasteiger partial charge in [-0.2, -0.15) is 0 Å². The van der Waals surface area contributed by atoms with Gasteiger partial charge in [-0.1, -0.05) is 43.7 Å². The number of nitrogens with two attached hydrogens (primary N) is 1. The van der Waals surface area contributed by atoms with E-state index in [-0.39, 0.29) is 0 Å². The Morgan fingerprint density at radius 2 is 1.88 bits per heavy atom. The van der Waals surface area contributed by atoms with Crippen LogP contribution in [-0.2, 0) is 5.54 Å². The van der Waals surface area contributed by atoms with Crippen LogP contribution in [0, 0.1) is 0 Å². The third-order valence-electron chi connectivity index (χ3n) is 2.89. The molecule has 2 aromatic rings. The molecular weight excluding hydrogens is 198 g/mol. The molecule has 0 saturated carbocycles. The standard InChI is InChI=1S/C14H17NO/c1-2-10-14(15,13-9-6-11-16-13)12-7-4-3-5-8-12/h3-9,11H,2,10,15H2,1H3. The van der Waals surface area contributed by atoms with Crippen molar-refractivity contribution in [3.05, 3.63) is 60.1 Å². The first-order valence-electron chi connectivity index (χ1n) is 5.66. The van der Waals surface area contributed by atoms with Crippen LogP contribution < -0.4 is 5.73 Å². The lowest BCUT2D eigenvalue weighted by molar-refractivity contribution is 0.370. The van der Waals surface area contributed by atoms with Crippen LogP contribution in [0.15, 0.2) is 53.1 Å². The van der Waals surface area contributed by atoms with Crippen molar-refractivity contribution in [3.8, 4) is 0 Å². The molecular formula is C14H17NO. The minimum atomic E-state index is -0.500. The summed E-state index contributed by atoms with van der Waals surface area (Å²) in [5, 5.41) is 0. The van der Waals surface area contributed by atoms with E-state index >= 15 is 0 Å². The SMILES string of the molecule is CCCC(N)(c1ccccc1)c1ccco1. The molecule has 2 N–H and O–H groups in total. The highest BCUT2D eigenvalue weighted by atomic mass is 16.3. The highest BCUT2D eigenvalue weighted by Gasteiger charge is 2.31. The maximum atomic E-state index is 6.50. The molecule has 0 fully saturated rings. The van der Waals surface area contributed by atoms with Crippen molar-refractivity contribution in [2.75, 3.05) is 0 Å². The summed E-state index contributed by atoms with van der Waals surface area (Å²) < 4.78 is 5.48. The predicted octanol–water partition coefficient (Wildman–Crippen LogP) is 3.28. The Kier molecular flexibility index (Phi) is 3.11. The highest BCUT2D eigenvalue weighted by Crippen LogP contribution is 2.31. The van der Waals surface area contributed by atoms with Gasteiger partial charge in [0.2, 0.25) is 0 Å². The van der Waals surface area contributed by atoms with Gasteiger partial charge in [-0.25, -0.2) is 0 Å². The van der Waals surface area contributed by atoms with E-state index in [2.05, 4.69) is 19.1 Å². The van der Waals surface area contributed by atoms with Crippen LogP contribution in [0.5, 0.6) is 0 Å². The fourth-order valence-corrected chi connectivity index (χ4v) is 2.07. The Balaban J connectivity index is 2.44. The zero-order valence-electron chi connectivity index (χ0n) is 9.52. The minimum Gasteiger partial charge on any atom is -0.467 e. The van der Waals surface area contributed by atoms with Gasteiger partial charge in [0.15, 0.2) is 0 Å². The van der Waals surface area contributed by atoms with Crippen molar-refractivity contribution < 1.29 is 4.42 Å². The van der Waals surface area contributed by atoms with Crippen LogP contribution in [0.25, 0.3) is 0 Å². The van der Waals surface area contributed by atoms with Gasteiger partial charge in [0.05, 0.1) is 11.8 Å². The summed E-state index contributed by atoms with van der Waals surface area (Å²) >= 11 is 0. The molecule has 0 spiro atoms. The van der Waals surface area contributed by atoms with E-state index in [4.69, 9.17) is 10.2 Å². The summed E-state index contributed by atoms with van der Waals surface area (Å²) in [6.45, 7) is 2.13. The molecule has 0 aliphatic rings. The lowest BCUT2D eigenvalue weighted by Crippen LogP contribution is -2.37. The Morgan fingerprint density at radius 3 is 2.44 bits per heavy atom. The molecule has 0 aliphatic carbocycles. The summed E-state index contributed by atoms with van der Waals surface area (Å²) in [6.07, 6.45) is 3.58. The molecule has 1 aromatic heterocycles. The largest absolute Gasteiger partial charge is 0.467 e. The fourth-order valence-electron chi connectivity index (χ4n) is 2.07. The van der Waals surface area contributed by atoms with Crippen LogP contribution in [-0.4, -0.2) is 0 Å². The van der Waals surface area contributed by atoms with Gasteiger partial charge >= 0.3 is 0 Å². The molecule has 1 heterocycles. The van der Waals surface area contributed by atoms with Gasteiger partial charge in [-0.05, 0) is 24.1 Å². The second kappa shape index (κ2) is 4.54. The van der Waals surface area contributed by atoms with E-state index in [9.17, 15) is 0 Å². The van der Waals surface area contributed by atoms with E-state index in [1.54, 1.807) is 6.26 Å². The first-order valence-corrected chi connectivity index (χ1v) is 5.66. The maximum absolute atomic E-state index is 6.50. The topological polar surface area (TPSA) is 39.2 Å². The van der Waals surface area contributed by atoms with Gasteiger partial charge in [0.25, 0.3) is 0 Å². The zero-order valence-corrected chi connectivity index (χ0v) is 9.52. The van der Waals surface area contributed by atoms with Gasteiger partial charge in [-0.3, -0.25) is 0 Å². The Morgan fingerprint density at radius 1 is 1.12 bits per heavy atom. The molecule has 84 valence electrons. The van der Waals surface area contributed by atoms with Crippen LogP contribution >= 0.6 is 0 Å². The first kappa shape index (κ1) is 11.0. The summed E-state index contributed by atoms with van der Waals surface area (Å²) in [7, 11) is 0. The van der Waals surface area contributed by atoms with Crippen molar-refractivity contribution >= 4 is 0 Å². The van der Waals surface area contributed by atoms with Crippen LogP contribution in [0.4, 0.5) is 0 Å². The van der Waals surface area contributed by atoms with Crippen molar-refractivity contribution in [1.82, 2.24) is 0 Å². The van der Waals surface area contributed by atoms with Gasteiger partial charge in [0.1, 0.15) is 5.76 Å². The third-order valence-corrected chi connectivity index (χ3v) is 2.89. The van der Waals surface area contributed by atoms with E-state index < -0.39 is 5.54 Å². The molecule has 2 nitrogen and oxygen atoms in total. The number of benzene rings is 1. The van der Waals surface area contributed by atoms with Crippen molar-refractivity contribution in [2.45, 2.75) is 25.3 Å². The molecule has 1 aromatic carbocycles. The van der Waals surface area contributed by atoms with Crippen LogP contribution in [0.3, 0.4) is 0 Å². The summed E-state index contributed by atoms with van der Waals surface area (Å²) in [6, 6.07) is 14.0. The van der Waals surface area contributed by atoms with Crippen LogP contribution in [0.1, 0.15) is 31.1 Å². The average molecular weight is 215 g/mol. The first-order chi connectivity index (χ1) is 7.77. The van der Waals surface area contributed by atoms with Crippen LogP contribution in [0.2, 0.25) is 0 Å². The van der Waals surface area contributed by atoms with E-state index in [1.807, 2.05) is 30.3 Å². The molecule has 16 heavy (non-hydrogen) atoms. The summed E-state index contributed by atoms with van der Waals surface area (Å²) in [5.41, 5.74) is 7.10. The van der Waals surface area contributed by atoms with E-state index in [0.29, 0.717) is 0 Å². The number of rotatable bonds is 4. The van der Waals surface area contributed by atoms with Crippen molar-refractivity contribution in [2.24, 2.45) is 5.73 Å². The average Bonchev–Trinajstić information content (AvgIpc) is 2.84. The Labute approximate surface area is 96.1 Å². The highest BCUT2D eigenvalue weighted by molar-refractivity contribution is 5.32. The predicted molar refractivity (Wildman–Crippen MR) is 65.0 cm³/mol. The molecule has 2 heteroatoms.